The van der Waals surface area contributed by atoms with Crippen molar-refractivity contribution in [1.82, 2.24) is 19.6 Å². The van der Waals surface area contributed by atoms with Crippen LogP contribution in [0.4, 0.5) is 5.69 Å². The third kappa shape index (κ3) is 4.03. The molecule has 2 heterocycles. The van der Waals surface area contributed by atoms with E-state index in [2.05, 4.69) is 15.5 Å². The number of anilines is 1. The lowest BCUT2D eigenvalue weighted by molar-refractivity contribution is -0.152. The molecule has 1 amide bonds. The number of hydrogen-bond donors (Lipinski definition) is 1. The molecule has 3 rings (SSSR count). The monoisotopic (exact) mass is 397 g/mol. The van der Waals surface area contributed by atoms with E-state index in [9.17, 15) is 14.4 Å². The summed E-state index contributed by atoms with van der Waals surface area (Å²) in [5, 5.41) is 12.2. The number of aromatic nitrogens is 4. The molecule has 0 saturated carbocycles. The molecule has 152 valence electrons. The third-order valence-electron chi connectivity index (χ3n) is 4.78. The molecule has 1 N–H and O–H groups in total. The lowest BCUT2D eigenvalue weighted by Gasteiger charge is -2.14. The minimum absolute atomic E-state index is 0.156. The zero-order valence-electron chi connectivity index (χ0n) is 17.0. The molecule has 1 atom stereocenters. The van der Waals surface area contributed by atoms with Crippen LogP contribution in [0, 0.1) is 13.8 Å². The zero-order valence-corrected chi connectivity index (χ0v) is 17.0. The van der Waals surface area contributed by atoms with Gasteiger partial charge in [0.2, 0.25) is 0 Å². The molecule has 0 radical (unpaired) electrons. The van der Waals surface area contributed by atoms with Crippen molar-refractivity contribution in [2.75, 3.05) is 5.32 Å². The summed E-state index contributed by atoms with van der Waals surface area (Å²) in [6.07, 6.45) is -1.16. The van der Waals surface area contributed by atoms with Gasteiger partial charge in [-0.25, -0.2) is 4.68 Å². The fourth-order valence-electron chi connectivity index (χ4n) is 3.11. The zero-order chi connectivity index (χ0) is 21.3. The van der Waals surface area contributed by atoms with Gasteiger partial charge in [-0.15, -0.1) is 0 Å². The predicted octanol–water partition coefficient (Wildman–Crippen LogP) is 1.40. The highest BCUT2D eigenvalue weighted by Gasteiger charge is 2.22. The first-order valence-corrected chi connectivity index (χ1v) is 9.14. The van der Waals surface area contributed by atoms with Crippen molar-refractivity contribution in [3.05, 3.63) is 51.7 Å². The third-order valence-corrected chi connectivity index (χ3v) is 4.78. The van der Waals surface area contributed by atoms with Crippen molar-refractivity contribution in [3.63, 3.8) is 0 Å². The Balaban J connectivity index is 1.72. The summed E-state index contributed by atoms with van der Waals surface area (Å²) in [4.78, 5) is 37.0. The first-order chi connectivity index (χ1) is 13.7. The summed E-state index contributed by atoms with van der Waals surface area (Å²) in [7, 11) is 3.31. The van der Waals surface area contributed by atoms with E-state index in [0.717, 1.165) is 5.69 Å². The Morgan fingerprint density at radius 1 is 1.10 bits per heavy atom. The highest BCUT2D eigenvalue weighted by molar-refractivity contribution is 5.96. The van der Waals surface area contributed by atoms with Gasteiger partial charge < -0.3 is 10.1 Å². The van der Waals surface area contributed by atoms with E-state index < -0.39 is 18.0 Å². The highest BCUT2D eigenvalue weighted by atomic mass is 16.5. The first kappa shape index (κ1) is 20.2. The fourth-order valence-corrected chi connectivity index (χ4v) is 3.11. The predicted molar refractivity (Wildman–Crippen MR) is 108 cm³/mol. The molecule has 3 aromatic rings. The summed E-state index contributed by atoms with van der Waals surface area (Å²) in [6.45, 7) is 5.12. The van der Waals surface area contributed by atoms with Gasteiger partial charge >= 0.3 is 5.97 Å². The summed E-state index contributed by atoms with van der Waals surface area (Å²) in [5.41, 5.74) is 2.26. The van der Waals surface area contributed by atoms with Gasteiger partial charge in [0, 0.05) is 19.5 Å². The van der Waals surface area contributed by atoms with Gasteiger partial charge in [0.05, 0.1) is 34.6 Å². The quantitative estimate of drug-likeness (QED) is 0.652. The van der Waals surface area contributed by atoms with Crippen molar-refractivity contribution in [2.45, 2.75) is 33.3 Å². The van der Waals surface area contributed by atoms with E-state index in [0.29, 0.717) is 27.8 Å². The van der Waals surface area contributed by atoms with Gasteiger partial charge in [-0.3, -0.25) is 19.1 Å². The minimum atomic E-state index is -1.000. The Hall–Kier alpha value is -3.49. The molecule has 29 heavy (non-hydrogen) atoms. The second-order valence-corrected chi connectivity index (χ2v) is 6.89. The molecule has 0 aliphatic carbocycles. The molecule has 0 aliphatic heterocycles. The minimum Gasteiger partial charge on any atom is -0.452 e. The molecular formula is C20H23N5O4. The Labute approximate surface area is 167 Å². The van der Waals surface area contributed by atoms with Gasteiger partial charge in [-0.05, 0) is 26.8 Å². The maximum atomic E-state index is 12.4. The van der Waals surface area contributed by atoms with Crippen molar-refractivity contribution < 1.29 is 14.3 Å². The van der Waals surface area contributed by atoms with Crippen molar-refractivity contribution >= 4 is 28.3 Å². The van der Waals surface area contributed by atoms with Crippen LogP contribution in [0.15, 0.2) is 29.1 Å². The number of fused-ring (bicyclic) bond motifs is 1. The summed E-state index contributed by atoms with van der Waals surface area (Å²) < 4.78 is 8.14. The Morgan fingerprint density at radius 2 is 1.76 bits per heavy atom. The van der Waals surface area contributed by atoms with Crippen LogP contribution in [-0.4, -0.2) is 37.5 Å². The Bertz CT molecular complexity index is 1160. The number of hydrogen-bond acceptors (Lipinski definition) is 6. The number of nitrogens with zero attached hydrogens (tertiary/aromatic N) is 4. The van der Waals surface area contributed by atoms with Gasteiger partial charge in [0.25, 0.3) is 11.5 Å². The molecule has 0 aliphatic rings. The number of carbonyl (C=O) groups is 2. The van der Waals surface area contributed by atoms with Crippen molar-refractivity contribution in [3.8, 4) is 0 Å². The molecule has 9 nitrogen and oxygen atoms in total. The first-order valence-electron chi connectivity index (χ1n) is 9.14. The highest BCUT2D eigenvalue weighted by Crippen LogP contribution is 2.19. The number of benzene rings is 1. The summed E-state index contributed by atoms with van der Waals surface area (Å²) in [5.74, 6) is -1.06. The number of rotatable bonds is 5. The summed E-state index contributed by atoms with van der Waals surface area (Å²) in [6, 6.07) is 6.94. The lowest BCUT2D eigenvalue weighted by Crippen LogP contribution is -2.31. The lowest BCUT2D eigenvalue weighted by atomic mass is 10.1. The molecule has 1 aromatic carbocycles. The number of ether oxygens (including phenoxy) is 1. The van der Waals surface area contributed by atoms with E-state index in [1.807, 2.05) is 6.92 Å². The topological polar surface area (TPSA) is 108 Å². The van der Waals surface area contributed by atoms with Crippen LogP contribution in [-0.2, 0) is 34.8 Å². The molecule has 0 bridgehead atoms. The number of esters is 1. The molecule has 0 unspecified atom stereocenters. The Morgan fingerprint density at radius 3 is 2.38 bits per heavy atom. The number of nitrogens with one attached hydrogen (secondary N) is 1. The molecule has 9 heteroatoms. The molecule has 2 aromatic heterocycles. The van der Waals surface area contributed by atoms with E-state index in [1.165, 1.54) is 18.7 Å². The van der Waals surface area contributed by atoms with Gasteiger partial charge in [0.1, 0.15) is 0 Å². The maximum absolute atomic E-state index is 12.4. The van der Waals surface area contributed by atoms with Crippen LogP contribution in [0.25, 0.3) is 10.8 Å². The van der Waals surface area contributed by atoms with Crippen LogP contribution in [0.2, 0.25) is 0 Å². The molecule has 0 spiro atoms. The fraction of sp³-hybridized carbons (Fsp3) is 0.350. The number of aryl methyl sites for hydroxylation is 3. The molecule has 0 fully saturated rings. The number of amides is 1. The second-order valence-electron chi connectivity index (χ2n) is 6.89. The van der Waals surface area contributed by atoms with Crippen LogP contribution < -0.4 is 10.9 Å². The Kier molecular flexibility index (Phi) is 5.49. The van der Waals surface area contributed by atoms with E-state index >= 15 is 0 Å². The average Bonchev–Trinajstić information content (AvgIpc) is 2.91. The molecule has 0 saturated heterocycles. The second kappa shape index (κ2) is 7.86. The smallest absolute Gasteiger partial charge is 0.312 e. The van der Waals surface area contributed by atoms with Crippen LogP contribution >= 0.6 is 0 Å². The van der Waals surface area contributed by atoms with Crippen LogP contribution in [0.5, 0.6) is 0 Å². The summed E-state index contributed by atoms with van der Waals surface area (Å²) >= 11 is 0. The van der Waals surface area contributed by atoms with Crippen molar-refractivity contribution in [1.29, 1.82) is 0 Å². The van der Waals surface area contributed by atoms with Gasteiger partial charge in [-0.2, -0.15) is 10.2 Å². The average molecular weight is 397 g/mol. The van der Waals surface area contributed by atoms with E-state index in [-0.39, 0.29) is 12.0 Å². The SMILES string of the molecule is Cc1nn(C)c(C)c1NC(=O)[C@@H](C)OC(=O)Cc1nn(C)c(=O)c2ccccc12. The van der Waals surface area contributed by atoms with Gasteiger partial charge in [0.15, 0.2) is 6.10 Å². The standard InChI is InChI=1S/C20H23N5O4/c1-11-18(12(2)24(4)22-11)21-19(27)13(3)29-17(26)10-16-14-8-6-7-9-15(14)20(28)25(5)23-16/h6-9,13H,10H2,1-5H3,(H,21,27)/t13-/m1/s1. The van der Waals surface area contributed by atoms with Crippen LogP contribution in [0.3, 0.4) is 0 Å². The normalized spacial score (nSPS) is 12.0. The number of carbonyl (C=O) groups excluding carboxylic acids is 2. The van der Waals surface area contributed by atoms with E-state index in [4.69, 9.17) is 4.74 Å². The van der Waals surface area contributed by atoms with Crippen LogP contribution in [0.1, 0.15) is 24.0 Å². The van der Waals surface area contributed by atoms with Gasteiger partial charge in [-0.1, -0.05) is 18.2 Å². The van der Waals surface area contributed by atoms with E-state index in [1.54, 1.807) is 42.9 Å². The largest absolute Gasteiger partial charge is 0.452 e. The van der Waals surface area contributed by atoms with Crippen molar-refractivity contribution in [2.24, 2.45) is 14.1 Å². The maximum Gasteiger partial charge on any atom is 0.312 e. The molecular weight excluding hydrogens is 374 g/mol.